The molecule has 1 aliphatic rings. The van der Waals surface area contributed by atoms with E-state index in [-0.39, 0.29) is 17.8 Å². The van der Waals surface area contributed by atoms with Crippen LogP contribution in [-0.2, 0) is 9.53 Å². The summed E-state index contributed by atoms with van der Waals surface area (Å²) < 4.78 is 16.6. The molecule has 1 aromatic carbocycles. The normalized spacial score (nSPS) is 21.8. The number of rotatable bonds is 5. The van der Waals surface area contributed by atoms with E-state index in [4.69, 9.17) is 14.2 Å². The molecule has 2 rings (SSSR count). The molecule has 0 amide bonds. The zero-order valence-electron chi connectivity index (χ0n) is 14.1. The van der Waals surface area contributed by atoms with Crippen molar-refractivity contribution in [3.05, 3.63) is 22.2 Å². The maximum absolute atomic E-state index is 11.7. The first kappa shape index (κ1) is 18.1. The summed E-state index contributed by atoms with van der Waals surface area (Å²) in [7, 11) is 6.83. The molecule has 0 saturated carbocycles. The maximum atomic E-state index is 11.7. The van der Waals surface area contributed by atoms with Gasteiger partial charge in [0.05, 0.1) is 21.3 Å². The molecule has 1 aromatic rings. The lowest BCUT2D eigenvalue weighted by Crippen LogP contribution is -2.37. The van der Waals surface area contributed by atoms with E-state index >= 15 is 0 Å². The van der Waals surface area contributed by atoms with Crippen LogP contribution in [0.2, 0.25) is 0 Å². The summed E-state index contributed by atoms with van der Waals surface area (Å²) in [5.41, 5.74) is 1.13. The highest BCUT2D eigenvalue weighted by atomic mass is 79.9. The van der Waals surface area contributed by atoms with Crippen LogP contribution in [0.3, 0.4) is 0 Å². The fraction of sp³-hybridized carbons (Fsp3) is 0.588. The third-order valence-corrected chi connectivity index (χ3v) is 5.29. The van der Waals surface area contributed by atoms with Gasteiger partial charge in [-0.3, -0.25) is 4.79 Å². The summed E-state index contributed by atoms with van der Waals surface area (Å²) in [6.45, 7) is 1.89. The molecule has 1 fully saturated rings. The molecule has 1 saturated heterocycles. The van der Waals surface area contributed by atoms with Gasteiger partial charge >= 0.3 is 5.97 Å². The van der Waals surface area contributed by atoms with Crippen LogP contribution in [0.15, 0.2) is 16.6 Å². The van der Waals surface area contributed by atoms with Gasteiger partial charge in [0.1, 0.15) is 16.0 Å². The Bertz CT molecular complexity index is 539. The standard InChI is InChI=1S/C17H24BrNO4/c1-19-6-5-11(9-16(20)23-4)13(10-19)12-7-14(21-2)17(18)15(8-12)22-3/h7-8,11,13H,5-6,9-10H2,1-4H3. The second-order valence-electron chi connectivity index (χ2n) is 5.94. The van der Waals surface area contributed by atoms with Gasteiger partial charge in [-0.05, 0) is 59.6 Å². The van der Waals surface area contributed by atoms with Crippen molar-refractivity contribution in [3.63, 3.8) is 0 Å². The molecule has 128 valence electrons. The molecule has 1 heterocycles. The van der Waals surface area contributed by atoms with Gasteiger partial charge < -0.3 is 19.1 Å². The van der Waals surface area contributed by atoms with Gasteiger partial charge in [0, 0.05) is 18.9 Å². The van der Waals surface area contributed by atoms with Crippen LogP contribution < -0.4 is 9.47 Å². The number of benzene rings is 1. The van der Waals surface area contributed by atoms with Crippen molar-refractivity contribution in [1.29, 1.82) is 0 Å². The summed E-state index contributed by atoms with van der Waals surface area (Å²) in [6.07, 6.45) is 1.41. The first-order valence-corrected chi connectivity index (χ1v) is 8.46. The lowest BCUT2D eigenvalue weighted by molar-refractivity contribution is -0.142. The highest BCUT2D eigenvalue weighted by Crippen LogP contribution is 2.42. The fourth-order valence-electron chi connectivity index (χ4n) is 3.19. The van der Waals surface area contributed by atoms with Crippen molar-refractivity contribution >= 4 is 21.9 Å². The number of carbonyl (C=O) groups is 1. The molecule has 0 radical (unpaired) electrons. The van der Waals surface area contributed by atoms with E-state index in [1.165, 1.54) is 7.11 Å². The van der Waals surface area contributed by atoms with Crippen LogP contribution >= 0.6 is 15.9 Å². The van der Waals surface area contributed by atoms with E-state index < -0.39 is 0 Å². The summed E-state index contributed by atoms with van der Waals surface area (Å²) in [6, 6.07) is 4.06. The molecule has 6 heteroatoms. The first-order chi connectivity index (χ1) is 11.0. The Labute approximate surface area is 146 Å². The molecular weight excluding hydrogens is 362 g/mol. The topological polar surface area (TPSA) is 48.0 Å². The van der Waals surface area contributed by atoms with Crippen LogP contribution in [0.25, 0.3) is 0 Å². The van der Waals surface area contributed by atoms with Crippen LogP contribution in [-0.4, -0.2) is 52.3 Å². The highest BCUT2D eigenvalue weighted by Gasteiger charge is 2.32. The quantitative estimate of drug-likeness (QED) is 0.728. The van der Waals surface area contributed by atoms with Gasteiger partial charge in [-0.1, -0.05) is 0 Å². The molecule has 0 aliphatic carbocycles. The Morgan fingerprint density at radius 2 is 1.87 bits per heavy atom. The number of likely N-dealkylation sites (N-methyl/N-ethyl adjacent to an activating group) is 1. The fourth-order valence-corrected chi connectivity index (χ4v) is 3.74. The van der Waals surface area contributed by atoms with E-state index in [1.54, 1.807) is 14.2 Å². The van der Waals surface area contributed by atoms with Gasteiger partial charge in [0.2, 0.25) is 0 Å². The number of hydrogen-bond donors (Lipinski definition) is 0. The summed E-state index contributed by atoms with van der Waals surface area (Å²) in [5, 5.41) is 0. The molecule has 0 bridgehead atoms. The number of nitrogens with zero attached hydrogens (tertiary/aromatic N) is 1. The third kappa shape index (κ3) is 4.18. The summed E-state index contributed by atoms with van der Waals surface area (Å²) >= 11 is 3.50. The molecule has 1 aliphatic heterocycles. The first-order valence-electron chi connectivity index (χ1n) is 7.66. The molecule has 2 unspecified atom stereocenters. The second-order valence-corrected chi connectivity index (χ2v) is 6.73. The molecule has 0 aromatic heterocycles. The lowest BCUT2D eigenvalue weighted by atomic mass is 9.79. The summed E-state index contributed by atoms with van der Waals surface area (Å²) in [4.78, 5) is 14.0. The van der Waals surface area contributed by atoms with Crippen molar-refractivity contribution in [1.82, 2.24) is 4.90 Å². The average Bonchev–Trinajstić information content (AvgIpc) is 2.56. The molecule has 0 N–H and O–H groups in total. The zero-order valence-corrected chi connectivity index (χ0v) is 15.7. The van der Waals surface area contributed by atoms with E-state index in [2.05, 4.69) is 27.9 Å². The van der Waals surface area contributed by atoms with E-state index in [1.807, 2.05) is 12.1 Å². The predicted octanol–water partition coefficient (Wildman–Crippen LogP) is 3.06. The number of ether oxygens (including phenoxy) is 3. The molecular formula is C17H24BrNO4. The van der Waals surface area contributed by atoms with Crippen LogP contribution in [0.1, 0.15) is 24.3 Å². The van der Waals surface area contributed by atoms with E-state index in [9.17, 15) is 4.79 Å². The minimum Gasteiger partial charge on any atom is -0.495 e. The lowest BCUT2D eigenvalue weighted by Gasteiger charge is -2.37. The monoisotopic (exact) mass is 385 g/mol. The number of halogens is 1. The third-order valence-electron chi connectivity index (χ3n) is 4.51. The molecule has 2 atom stereocenters. The van der Waals surface area contributed by atoms with Crippen LogP contribution in [0.4, 0.5) is 0 Å². The Kier molecular flexibility index (Phi) is 6.30. The summed E-state index contributed by atoms with van der Waals surface area (Å²) in [5.74, 6) is 1.83. The second kappa shape index (κ2) is 8.02. The van der Waals surface area contributed by atoms with Gasteiger partial charge in [-0.15, -0.1) is 0 Å². The van der Waals surface area contributed by atoms with Crippen LogP contribution in [0, 0.1) is 5.92 Å². The van der Waals surface area contributed by atoms with Crippen molar-refractivity contribution in [3.8, 4) is 11.5 Å². The number of carbonyl (C=O) groups excluding carboxylic acids is 1. The number of hydrogen-bond acceptors (Lipinski definition) is 5. The molecule has 0 spiro atoms. The highest BCUT2D eigenvalue weighted by molar-refractivity contribution is 9.10. The Morgan fingerprint density at radius 1 is 1.26 bits per heavy atom. The molecule has 5 nitrogen and oxygen atoms in total. The van der Waals surface area contributed by atoms with Crippen LogP contribution in [0.5, 0.6) is 11.5 Å². The SMILES string of the molecule is COC(=O)CC1CCN(C)CC1c1cc(OC)c(Br)c(OC)c1. The Hall–Kier alpha value is -1.27. The minimum atomic E-state index is -0.152. The number of piperidine rings is 1. The minimum absolute atomic E-state index is 0.152. The number of likely N-dealkylation sites (tertiary alicyclic amines) is 1. The average molecular weight is 386 g/mol. The predicted molar refractivity (Wildman–Crippen MR) is 92.2 cm³/mol. The van der Waals surface area contributed by atoms with Crippen molar-refractivity contribution in [2.45, 2.75) is 18.8 Å². The Morgan fingerprint density at radius 3 is 2.39 bits per heavy atom. The van der Waals surface area contributed by atoms with Gasteiger partial charge in [0.15, 0.2) is 0 Å². The maximum Gasteiger partial charge on any atom is 0.305 e. The smallest absolute Gasteiger partial charge is 0.305 e. The van der Waals surface area contributed by atoms with Crippen molar-refractivity contribution in [2.75, 3.05) is 41.5 Å². The zero-order chi connectivity index (χ0) is 17.0. The Balaban J connectivity index is 2.36. The largest absolute Gasteiger partial charge is 0.495 e. The van der Waals surface area contributed by atoms with Crippen molar-refractivity contribution < 1.29 is 19.0 Å². The van der Waals surface area contributed by atoms with Crippen molar-refractivity contribution in [2.24, 2.45) is 5.92 Å². The van der Waals surface area contributed by atoms with Gasteiger partial charge in [-0.25, -0.2) is 0 Å². The number of esters is 1. The molecule has 23 heavy (non-hydrogen) atoms. The number of methoxy groups -OCH3 is 3. The van der Waals surface area contributed by atoms with Gasteiger partial charge in [-0.2, -0.15) is 0 Å². The van der Waals surface area contributed by atoms with E-state index in [0.29, 0.717) is 6.42 Å². The van der Waals surface area contributed by atoms with Gasteiger partial charge in [0.25, 0.3) is 0 Å². The van der Waals surface area contributed by atoms with E-state index in [0.717, 1.165) is 41.0 Å².